The molecule has 111 valence electrons. The maximum absolute atomic E-state index is 12.6. The Hall–Kier alpha value is -2.90. The van der Waals surface area contributed by atoms with Crippen molar-refractivity contribution in [2.24, 2.45) is 0 Å². The average Bonchev–Trinajstić information content (AvgIpc) is 2.99. The summed E-state index contributed by atoms with van der Waals surface area (Å²) >= 11 is 0. The first kappa shape index (κ1) is 14.1. The maximum Gasteiger partial charge on any atom is 0.435 e. The first-order valence-electron chi connectivity index (χ1n) is 6.13. The number of ether oxygens (including phenoxy) is 1. The summed E-state index contributed by atoms with van der Waals surface area (Å²) in [6, 6.07) is 11.5. The molecule has 0 aliphatic heterocycles. The lowest BCUT2D eigenvalue weighted by atomic mass is 10.4. The number of pyridine rings is 2. The fourth-order valence-corrected chi connectivity index (χ4v) is 1.66. The van der Waals surface area contributed by atoms with Crippen molar-refractivity contribution >= 4 is 0 Å². The zero-order valence-corrected chi connectivity index (χ0v) is 10.9. The molecule has 0 atom stereocenters. The average molecular weight is 305 g/mol. The molecule has 0 saturated carbocycles. The van der Waals surface area contributed by atoms with E-state index in [1.54, 1.807) is 24.3 Å². The van der Waals surface area contributed by atoms with Gasteiger partial charge < -0.3 is 4.74 Å². The molecule has 0 aromatic carbocycles. The molecule has 0 bridgehead atoms. The highest BCUT2D eigenvalue weighted by Gasteiger charge is 2.33. The highest BCUT2D eigenvalue weighted by molar-refractivity contribution is 5.29. The van der Waals surface area contributed by atoms with Crippen molar-refractivity contribution in [3.05, 3.63) is 60.6 Å². The summed E-state index contributed by atoms with van der Waals surface area (Å²) in [6.07, 6.45) is -1.88. The zero-order chi connectivity index (χ0) is 15.6. The summed E-state index contributed by atoms with van der Waals surface area (Å²) in [4.78, 5) is 8.02. The van der Waals surface area contributed by atoms with Gasteiger partial charge in [-0.15, -0.1) is 0 Å². The Morgan fingerprint density at radius 3 is 2.64 bits per heavy atom. The van der Waals surface area contributed by atoms with E-state index in [2.05, 4.69) is 21.1 Å². The highest BCUT2D eigenvalue weighted by Crippen LogP contribution is 2.28. The van der Waals surface area contributed by atoms with Crippen LogP contribution in [0.2, 0.25) is 0 Å². The molecule has 0 saturated heterocycles. The summed E-state index contributed by atoms with van der Waals surface area (Å²) in [5.74, 6) is 0.704. The van der Waals surface area contributed by atoms with Gasteiger partial charge >= 0.3 is 6.18 Å². The second-order valence-electron chi connectivity index (χ2n) is 4.18. The molecule has 3 aromatic heterocycles. The molecule has 1 radical (unpaired) electrons. The van der Waals surface area contributed by atoms with Crippen molar-refractivity contribution in [1.82, 2.24) is 19.7 Å². The lowest BCUT2D eigenvalue weighted by Crippen LogP contribution is -2.07. The van der Waals surface area contributed by atoms with Gasteiger partial charge in [-0.05, 0) is 18.2 Å². The van der Waals surface area contributed by atoms with Crippen LogP contribution in [0.1, 0.15) is 5.69 Å². The van der Waals surface area contributed by atoms with Gasteiger partial charge in [0.2, 0.25) is 11.8 Å². The molecule has 8 heteroatoms. The number of aromatic nitrogens is 4. The predicted molar refractivity (Wildman–Crippen MR) is 69.5 cm³/mol. The number of hydrogen-bond donors (Lipinski definition) is 0. The number of alkyl halides is 3. The molecular formula is C14H8F3N4O. The van der Waals surface area contributed by atoms with Crippen LogP contribution < -0.4 is 4.74 Å². The predicted octanol–water partition coefficient (Wildman–Crippen LogP) is 3.27. The molecule has 0 amide bonds. The van der Waals surface area contributed by atoms with E-state index in [9.17, 15) is 13.2 Å². The lowest BCUT2D eigenvalue weighted by Gasteiger charge is -2.06. The molecular weight excluding hydrogens is 297 g/mol. The molecule has 0 aliphatic carbocycles. The summed E-state index contributed by atoms with van der Waals surface area (Å²) in [7, 11) is 0. The number of rotatable bonds is 3. The lowest BCUT2D eigenvalue weighted by molar-refractivity contribution is -0.141. The number of hydrogen-bond acceptors (Lipinski definition) is 4. The molecule has 0 aliphatic rings. The summed E-state index contributed by atoms with van der Waals surface area (Å²) in [5.41, 5.74) is -0.985. The van der Waals surface area contributed by atoms with Crippen molar-refractivity contribution in [2.75, 3.05) is 0 Å². The van der Waals surface area contributed by atoms with E-state index >= 15 is 0 Å². The molecule has 3 aromatic rings. The van der Waals surface area contributed by atoms with E-state index in [1.165, 1.54) is 18.5 Å². The van der Waals surface area contributed by atoms with Gasteiger partial charge in [0.05, 0.1) is 0 Å². The number of nitrogens with zero attached hydrogens (tertiary/aromatic N) is 4. The second kappa shape index (κ2) is 5.47. The van der Waals surface area contributed by atoms with Crippen LogP contribution in [0.25, 0.3) is 5.82 Å². The Morgan fingerprint density at radius 1 is 1.09 bits per heavy atom. The zero-order valence-electron chi connectivity index (χ0n) is 10.9. The third-order valence-corrected chi connectivity index (χ3v) is 2.62. The van der Waals surface area contributed by atoms with Gasteiger partial charge in [0, 0.05) is 30.6 Å². The van der Waals surface area contributed by atoms with Crippen LogP contribution >= 0.6 is 0 Å². The molecule has 0 N–H and O–H groups in total. The molecule has 5 nitrogen and oxygen atoms in total. The van der Waals surface area contributed by atoms with Crippen molar-refractivity contribution in [3.8, 4) is 17.6 Å². The van der Waals surface area contributed by atoms with Crippen LogP contribution in [-0.2, 0) is 6.18 Å². The first-order chi connectivity index (χ1) is 10.5. The van der Waals surface area contributed by atoms with Gasteiger partial charge in [0.25, 0.3) is 0 Å². The fraction of sp³-hybridized carbons (Fsp3) is 0.0714. The monoisotopic (exact) mass is 305 g/mol. The van der Waals surface area contributed by atoms with Crippen LogP contribution in [0.4, 0.5) is 13.2 Å². The van der Waals surface area contributed by atoms with Crippen LogP contribution in [0.5, 0.6) is 11.8 Å². The van der Waals surface area contributed by atoms with Crippen LogP contribution in [-0.4, -0.2) is 19.7 Å². The van der Waals surface area contributed by atoms with Crippen LogP contribution in [0, 0.1) is 6.07 Å². The summed E-state index contributed by atoms with van der Waals surface area (Å²) in [6.45, 7) is 0. The Bertz CT molecular complexity index is 771. The van der Waals surface area contributed by atoms with Crippen LogP contribution in [0.15, 0.2) is 48.8 Å². The Kier molecular flexibility index (Phi) is 3.50. The van der Waals surface area contributed by atoms with Crippen molar-refractivity contribution in [2.45, 2.75) is 6.18 Å². The van der Waals surface area contributed by atoms with Crippen molar-refractivity contribution in [3.63, 3.8) is 0 Å². The SMILES string of the molecule is FC(F)(F)c1ccn(-c2cccc(Oc3cc[c]cn3)n2)n1. The van der Waals surface area contributed by atoms with E-state index < -0.39 is 11.9 Å². The van der Waals surface area contributed by atoms with Gasteiger partial charge in [-0.3, -0.25) is 0 Å². The number of halogens is 3. The van der Waals surface area contributed by atoms with E-state index in [1.807, 2.05) is 0 Å². The fourth-order valence-electron chi connectivity index (χ4n) is 1.66. The smallest absolute Gasteiger partial charge is 0.421 e. The third-order valence-electron chi connectivity index (χ3n) is 2.62. The largest absolute Gasteiger partial charge is 0.435 e. The summed E-state index contributed by atoms with van der Waals surface area (Å²) < 4.78 is 44.1. The minimum Gasteiger partial charge on any atom is -0.421 e. The quantitative estimate of drug-likeness (QED) is 0.745. The Morgan fingerprint density at radius 2 is 1.95 bits per heavy atom. The van der Waals surface area contributed by atoms with Gasteiger partial charge in [0.1, 0.15) is 0 Å². The second-order valence-corrected chi connectivity index (χ2v) is 4.18. The first-order valence-corrected chi connectivity index (χ1v) is 6.13. The topological polar surface area (TPSA) is 52.8 Å². The Labute approximate surface area is 123 Å². The van der Waals surface area contributed by atoms with Crippen molar-refractivity contribution < 1.29 is 17.9 Å². The van der Waals surface area contributed by atoms with Gasteiger partial charge in [0.15, 0.2) is 11.5 Å². The normalized spacial score (nSPS) is 11.4. The van der Waals surface area contributed by atoms with Gasteiger partial charge in [-0.25, -0.2) is 9.67 Å². The van der Waals surface area contributed by atoms with E-state index in [-0.39, 0.29) is 11.7 Å². The summed E-state index contributed by atoms with van der Waals surface area (Å²) in [5, 5.41) is 3.45. The molecule has 3 rings (SSSR count). The molecule has 0 spiro atoms. The van der Waals surface area contributed by atoms with Crippen molar-refractivity contribution in [1.29, 1.82) is 0 Å². The molecule has 22 heavy (non-hydrogen) atoms. The van der Waals surface area contributed by atoms with E-state index in [4.69, 9.17) is 4.74 Å². The van der Waals surface area contributed by atoms with E-state index in [0.29, 0.717) is 5.88 Å². The van der Waals surface area contributed by atoms with Gasteiger partial charge in [-0.2, -0.15) is 23.3 Å². The minimum absolute atomic E-state index is 0.195. The Balaban J connectivity index is 1.86. The molecule has 0 unspecified atom stereocenters. The molecule has 3 heterocycles. The van der Waals surface area contributed by atoms with Gasteiger partial charge in [-0.1, -0.05) is 6.07 Å². The minimum atomic E-state index is -4.50. The maximum atomic E-state index is 12.6. The van der Waals surface area contributed by atoms with E-state index in [0.717, 1.165) is 10.7 Å². The third kappa shape index (κ3) is 3.05. The highest BCUT2D eigenvalue weighted by atomic mass is 19.4. The van der Waals surface area contributed by atoms with Crippen LogP contribution in [0.3, 0.4) is 0 Å². The standard InChI is InChI=1S/C14H8F3N4O/c15-14(16,17)10-7-9-21(20-10)11-4-3-6-13(19-11)22-12-5-1-2-8-18-12/h1,3-9H. The molecule has 0 fully saturated rings.